The highest BCUT2D eigenvalue weighted by Gasteiger charge is 2.28. The number of aromatic amines is 1. The van der Waals surface area contributed by atoms with Gasteiger partial charge >= 0.3 is 5.97 Å². The summed E-state index contributed by atoms with van der Waals surface area (Å²) in [6, 6.07) is -1.24. The molecule has 1 atom stereocenters. The second-order valence-electron chi connectivity index (χ2n) is 4.72. The Kier molecular flexibility index (Phi) is 4.30. The Hall–Kier alpha value is -2.05. The monoisotopic (exact) mass is 252 g/mol. The number of azo groups is 1. The first-order valence-corrected chi connectivity index (χ1v) is 5.42. The van der Waals surface area contributed by atoms with Crippen LogP contribution in [0.3, 0.4) is 0 Å². The third kappa shape index (κ3) is 4.44. The number of ether oxygens (including phenoxy) is 1. The lowest BCUT2D eigenvalue weighted by Crippen LogP contribution is -2.34. The molecular formula is C11H16N4O3. The van der Waals surface area contributed by atoms with E-state index in [9.17, 15) is 9.59 Å². The average Bonchev–Trinajstić information content (AvgIpc) is 2.67. The summed E-state index contributed by atoms with van der Waals surface area (Å²) in [6.07, 6.45) is 2.92. The first-order chi connectivity index (χ1) is 8.29. The van der Waals surface area contributed by atoms with Crippen LogP contribution in [0.2, 0.25) is 0 Å². The number of rotatable bonds is 4. The van der Waals surface area contributed by atoms with E-state index in [4.69, 9.17) is 4.74 Å². The Bertz CT molecular complexity index is 445. The van der Waals surface area contributed by atoms with E-state index in [0.29, 0.717) is 5.69 Å². The highest BCUT2D eigenvalue weighted by atomic mass is 16.6. The maximum Gasteiger partial charge on any atom is 0.341 e. The largest absolute Gasteiger partial charge is 0.458 e. The van der Waals surface area contributed by atoms with Crippen molar-refractivity contribution >= 4 is 17.4 Å². The van der Waals surface area contributed by atoms with Gasteiger partial charge in [0.2, 0.25) is 6.04 Å². The molecular weight excluding hydrogens is 236 g/mol. The van der Waals surface area contributed by atoms with Crippen molar-refractivity contribution < 1.29 is 14.3 Å². The van der Waals surface area contributed by atoms with Gasteiger partial charge in [0.1, 0.15) is 11.3 Å². The lowest BCUT2D eigenvalue weighted by molar-refractivity contribution is -0.157. The van der Waals surface area contributed by atoms with Crippen molar-refractivity contribution in [1.82, 2.24) is 10.2 Å². The predicted octanol–water partition coefficient (Wildman–Crippen LogP) is 1.79. The minimum atomic E-state index is -1.24. The number of esters is 1. The Morgan fingerprint density at radius 3 is 2.56 bits per heavy atom. The fraction of sp³-hybridized carbons (Fsp3) is 0.545. The fourth-order valence-corrected chi connectivity index (χ4v) is 1.08. The van der Waals surface area contributed by atoms with Gasteiger partial charge in [0.25, 0.3) is 0 Å². The Balaban J connectivity index is 2.77. The molecule has 0 aliphatic rings. The van der Waals surface area contributed by atoms with Gasteiger partial charge in [-0.05, 0) is 27.7 Å². The molecule has 0 bridgehead atoms. The fourth-order valence-electron chi connectivity index (χ4n) is 1.08. The first-order valence-electron chi connectivity index (χ1n) is 5.42. The molecule has 1 aromatic heterocycles. The van der Waals surface area contributed by atoms with Crippen LogP contribution in [-0.4, -0.2) is 33.6 Å². The summed E-state index contributed by atoms with van der Waals surface area (Å²) in [7, 11) is 0. The predicted molar refractivity (Wildman–Crippen MR) is 63.4 cm³/mol. The van der Waals surface area contributed by atoms with E-state index in [1.165, 1.54) is 19.3 Å². The minimum Gasteiger partial charge on any atom is -0.458 e. The molecule has 1 aromatic rings. The van der Waals surface area contributed by atoms with Gasteiger partial charge in [0.05, 0.1) is 6.20 Å². The van der Waals surface area contributed by atoms with E-state index in [2.05, 4.69) is 20.4 Å². The number of aromatic nitrogens is 2. The van der Waals surface area contributed by atoms with Crippen LogP contribution in [0, 0.1) is 0 Å². The minimum absolute atomic E-state index is 0.420. The van der Waals surface area contributed by atoms with E-state index in [1.807, 2.05) is 0 Å². The molecule has 0 aromatic carbocycles. The summed E-state index contributed by atoms with van der Waals surface area (Å²) in [6.45, 7) is 6.42. The Labute approximate surface area is 105 Å². The number of hydrogen-bond acceptors (Lipinski definition) is 6. The normalized spacial score (nSPS) is 13.6. The van der Waals surface area contributed by atoms with Gasteiger partial charge in [-0.1, -0.05) is 0 Å². The zero-order chi connectivity index (χ0) is 13.8. The van der Waals surface area contributed by atoms with E-state index >= 15 is 0 Å². The van der Waals surface area contributed by atoms with Crippen LogP contribution in [0.5, 0.6) is 0 Å². The molecule has 0 aliphatic carbocycles. The molecule has 0 aliphatic heterocycles. The topological polar surface area (TPSA) is 96.8 Å². The summed E-state index contributed by atoms with van der Waals surface area (Å²) < 4.78 is 5.09. The van der Waals surface area contributed by atoms with E-state index in [-0.39, 0.29) is 0 Å². The van der Waals surface area contributed by atoms with E-state index < -0.39 is 23.4 Å². The molecule has 1 N–H and O–H groups in total. The number of Topliss-reactive ketones (excluding diaryl/α,β-unsaturated/α-hetero) is 1. The zero-order valence-electron chi connectivity index (χ0n) is 10.8. The summed E-state index contributed by atoms with van der Waals surface area (Å²) in [5.74, 6) is -1.13. The second kappa shape index (κ2) is 5.52. The molecule has 0 amide bonds. The standard InChI is InChI=1S/C11H16N4O3/c1-7(16)9(10(17)18-11(2,3)4)15-14-8-5-12-13-6-8/h5-6,9H,1-4H3,(H,12,13)/t9-/m0/s1. The Morgan fingerprint density at radius 1 is 1.44 bits per heavy atom. The molecule has 1 heterocycles. The van der Waals surface area contributed by atoms with Crippen molar-refractivity contribution in [2.45, 2.75) is 39.3 Å². The zero-order valence-corrected chi connectivity index (χ0v) is 10.8. The molecule has 98 valence electrons. The third-order valence-corrected chi connectivity index (χ3v) is 1.79. The molecule has 7 nitrogen and oxygen atoms in total. The maximum atomic E-state index is 11.7. The van der Waals surface area contributed by atoms with Crippen LogP contribution in [-0.2, 0) is 14.3 Å². The van der Waals surface area contributed by atoms with Crippen LogP contribution in [0.1, 0.15) is 27.7 Å². The number of carbonyl (C=O) groups excluding carboxylic acids is 2. The molecule has 0 radical (unpaired) electrons. The van der Waals surface area contributed by atoms with Gasteiger partial charge in [0, 0.05) is 6.20 Å². The highest BCUT2D eigenvalue weighted by Crippen LogP contribution is 2.13. The van der Waals surface area contributed by atoms with Crippen molar-refractivity contribution in [3.8, 4) is 0 Å². The molecule has 7 heteroatoms. The summed E-state index contributed by atoms with van der Waals surface area (Å²) in [4.78, 5) is 23.1. The van der Waals surface area contributed by atoms with Gasteiger partial charge in [-0.25, -0.2) is 4.79 Å². The number of nitrogens with zero attached hydrogens (tertiary/aromatic N) is 3. The van der Waals surface area contributed by atoms with Crippen molar-refractivity contribution in [3.63, 3.8) is 0 Å². The van der Waals surface area contributed by atoms with E-state index in [1.54, 1.807) is 20.8 Å². The number of H-pyrrole nitrogens is 1. The maximum absolute atomic E-state index is 11.7. The first kappa shape index (κ1) is 14.0. The molecule has 0 saturated heterocycles. The number of carbonyl (C=O) groups is 2. The number of nitrogens with one attached hydrogen (secondary N) is 1. The van der Waals surface area contributed by atoms with Gasteiger partial charge in [-0.15, -0.1) is 0 Å². The van der Waals surface area contributed by atoms with Gasteiger partial charge in [0.15, 0.2) is 5.78 Å². The quantitative estimate of drug-likeness (QED) is 0.502. The molecule has 1 rings (SSSR count). The van der Waals surface area contributed by atoms with Crippen molar-refractivity contribution in [3.05, 3.63) is 12.4 Å². The van der Waals surface area contributed by atoms with Crippen molar-refractivity contribution in [2.75, 3.05) is 0 Å². The van der Waals surface area contributed by atoms with Crippen LogP contribution in [0.15, 0.2) is 22.6 Å². The van der Waals surface area contributed by atoms with Crippen LogP contribution in [0.4, 0.5) is 5.69 Å². The van der Waals surface area contributed by atoms with E-state index in [0.717, 1.165) is 0 Å². The third-order valence-electron chi connectivity index (χ3n) is 1.79. The van der Waals surface area contributed by atoms with Crippen molar-refractivity contribution in [1.29, 1.82) is 0 Å². The smallest absolute Gasteiger partial charge is 0.341 e. The molecule has 18 heavy (non-hydrogen) atoms. The molecule has 0 unspecified atom stereocenters. The van der Waals surface area contributed by atoms with Gasteiger partial charge in [-0.2, -0.15) is 15.3 Å². The molecule has 0 spiro atoms. The van der Waals surface area contributed by atoms with Crippen LogP contribution in [0.25, 0.3) is 0 Å². The van der Waals surface area contributed by atoms with Crippen LogP contribution < -0.4 is 0 Å². The molecule has 0 saturated carbocycles. The van der Waals surface area contributed by atoms with Crippen molar-refractivity contribution in [2.24, 2.45) is 10.2 Å². The molecule has 0 fully saturated rings. The summed E-state index contributed by atoms with van der Waals surface area (Å²) >= 11 is 0. The Morgan fingerprint density at radius 2 is 2.11 bits per heavy atom. The number of ketones is 1. The highest BCUT2D eigenvalue weighted by molar-refractivity contribution is 6.02. The number of hydrogen-bond donors (Lipinski definition) is 1. The lowest BCUT2D eigenvalue weighted by Gasteiger charge is -2.20. The summed E-state index contributed by atoms with van der Waals surface area (Å²) in [5.41, 5.74) is -0.236. The summed E-state index contributed by atoms with van der Waals surface area (Å²) in [5, 5.41) is 13.7. The van der Waals surface area contributed by atoms with Crippen LogP contribution >= 0.6 is 0 Å². The van der Waals surface area contributed by atoms with Gasteiger partial charge in [-0.3, -0.25) is 9.89 Å². The average molecular weight is 252 g/mol. The lowest BCUT2D eigenvalue weighted by atomic mass is 10.1. The van der Waals surface area contributed by atoms with Gasteiger partial charge < -0.3 is 4.74 Å². The SMILES string of the molecule is CC(=O)[C@H](N=Nc1cn[nH]c1)C(=O)OC(C)(C)C. The second-order valence-corrected chi connectivity index (χ2v) is 4.72.